The number of aromatic nitrogens is 1. The third kappa shape index (κ3) is 2.29. The fraction of sp³-hybridized carbons (Fsp3) is 0.375. The van der Waals surface area contributed by atoms with E-state index < -0.39 is 13.0 Å². The summed E-state index contributed by atoms with van der Waals surface area (Å²) in [7, 11) is -2.61. The van der Waals surface area contributed by atoms with Crippen LogP contribution in [-0.4, -0.2) is 18.3 Å². The molecule has 0 N–H and O–H groups in total. The first kappa shape index (κ1) is 10.7. The highest BCUT2D eigenvalue weighted by molar-refractivity contribution is 7.70. The van der Waals surface area contributed by atoms with Crippen LogP contribution in [0, 0.1) is 12.7 Å². The van der Waals surface area contributed by atoms with Crippen LogP contribution in [0.4, 0.5) is 4.39 Å². The molecule has 0 fully saturated rings. The lowest BCUT2D eigenvalue weighted by Gasteiger charge is -2.10. The number of nitrogens with zero attached hydrogens (tertiary/aromatic N) is 1. The fourth-order valence-electron chi connectivity index (χ4n) is 1.24. The van der Waals surface area contributed by atoms with Crippen molar-refractivity contribution in [3.05, 3.63) is 22.7 Å². The van der Waals surface area contributed by atoms with Gasteiger partial charge in [0.1, 0.15) is 18.1 Å². The van der Waals surface area contributed by atoms with Crippen molar-refractivity contribution >= 4 is 24.0 Å². The first-order valence-corrected chi connectivity index (χ1v) is 6.68. The van der Waals surface area contributed by atoms with Crippen LogP contribution in [0.25, 0.3) is 0 Å². The third-order valence-corrected chi connectivity index (χ3v) is 3.44. The van der Waals surface area contributed by atoms with Gasteiger partial charge in [0.25, 0.3) is 0 Å². The molecule has 0 saturated heterocycles. The standard InChI is InChI=1S/C8H10ClFNOP/c1-5-8(13(2,3)12)6(10)4-7(9)11-5/h4H,1-3H3. The minimum absolute atomic E-state index is 0.0900. The number of hydrogen-bond donors (Lipinski definition) is 0. The van der Waals surface area contributed by atoms with Gasteiger partial charge >= 0.3 is 0 Å². The lowest BCUT2D eigenvalue weighted by molar-refractivity contribution is 0.584. The van der Waals surface area contributed by atoms with Crippen LogP contribution in [-0.2, 0) is 4.57 Å². The maximum absolute atomic E-state index is 13.3. The molecule has 0 saturated carbocycles. The minimum Gasteiger partial charge on any atom is -0.319 e. The second-order valence-corrected chi connectivity index (χ2v) is 6.75. The normalized spacial score (nSPS) is 11.8. The number of aryl methyl sites for hydroxylation is 1. The van der Waals surface area contributed by atoms with Crippen LogP contribution in [0.15, 0.2) is 6.07 Å². The van der Waals surface area contributed by atoms with Gasteiger partial charge < -0.3 is 4.57 Å². The van der Waals surface area contributed by atoms with Crippen molar-refractivity contribution in [1.29, 1.82) is 0 Å². The lowest BCUT2D eigenvalue weighted by Crippen LogP contribution is -2.14. The molecule has 0 unspecified atom stereocenters. The average Bonchev–Trinajstić information content (AvgIpc) is 1.78. The van der Waals surface area contributed by atoms with Crippen LogP contribution in [0.5, 0.6) is 0 Å². The molecule has 0 aliphatic carbocycles. The highest BCUT2D eigenvalue weighted by Gasteiger charge is 2.20. The van der Waals surface area contributed by atoms with E-state index in [4.69, 9.17) is 11.6 Å². The summed E-state index contributed by atoms with van der Waals surface area (Å²) in [5, 5.41) is 0.282. The van der Waals surface area contributed by atoms with Crippen molar-refractivity contribution in [3.63, 3.8) is 0 Å². The second kappa shape index (κ2) is 3.39. The molecule has 0 aliphatic heterocycles. The van der Waals surface area contributed by atoms with Gasteiger partial charge in [-0.3, -0.25) is 0 Å². The lowest BCUT2D eigenvalue weighted by atomic mass is 10.4. The molecule has 1 aromatic heterocycles. The van der Waals surface area contributed by atoms with Gasteiger partial charge in [-0.25, -0.2) is 9.37 Å². The number of rotatable bonds is 1. The maximum atomic E-state index is 13.3. The summed E-state index contributed by atoms with van der Waals surface area (Å²) in [6, 6.07) is 1.09. The van der Waals surface area contributed by atoms with Crippen molar-refractivity contribution in [2.24, 2.45) is 0 Å². The first-order chi connectivity index (χ1) is 5.82. The molecule has 1 heterocycles. The summed E-state index contributed by atoms with van der Waals surface area (Å²) in [6.45, 7) is 4.62. The Hall–Kier alpha value is -0.400. The molecule has 72 valence electrons. The van der Waals surface area contributed by atoms with Crippen molar-refractivity contribution in [2.45, 2.75) is 6.92 Å². The Balaban J connectivity index is 3.47. The van der Waals surface area contributed by atoms with Crippen molar-refractivity contribution in [3.8, 4) is 0 Å². The topological polar surface area (TPSA) is 30.0 Å². The number of halogens is 2. The van der Waals surface area contributed by atoms with Gasteiger partial charge in [-0.05, 0) is 20.3 Å². The van der Waals surface area contributed by atoms with Crippen LogP contribution < -0.4 is 5.30 Å². The van der Waals surface area contributed by atoms with E-state index in [-0.39, 0.29) is 10.5 Å². The van der Waals surface area contributed by atoms with Crippen molar-refractivity contribution in [1.82, 2.24) is 4.98 Å². The van der Waals surface area contributed by atoms with E-state index in [1.807, 2.05) is 0 Å². The van der Waals surface area contributed by atoms with E-state index in [9.17, 15) is 8.96 Å². The Morgan fingerprint density at radius 1 is 1.54 bits per heavy atom. The van der Waals surface area contributed by atoms with Gasteiger partial charge in [-0.2, -0.15) is 0 Å². The third-order valence-electron chi connectivity index (χ3n) is 1.63. The molecule has 0 spiro atoms. The molecule has 0 aliphatic rings. The number of hydrogen-bond acceptors (Lipinski definition) is 2. The highest BCUT2D eigenvalue weighted by Crippen LogP contribution is 2.36. The fourth-order valence-corrected chi connectivity index (χ4v) is 2.87. The van der Waals surface area contributed by atoms with Gasteiger partial charge in [0, 0.05) is 6.07 Å². The van der Waals surface area contributed by atoms with Crippen LogP contribution in [0.3, 0.4) is 0 Å². The van der Waals surface area contributed by atoms with Gasteiger partial charge in [0.15, 0.2) is 0 Å². The molecule has 0 amide bonds. The Bertz CT molecular complexity index is 365. The quantitative estimate of drug-likeness (QED) is 0.539. The molecule has 0 bridgehead atoms. The predicted molar refractivity (Wildman–Crippen MR) is 53.0 cm³/mol. The molecule has 2 nitrogen and oxygen atoms in total. The van der Waals surface area contributed by atoms with Crippen LogP contribution in [0.1, 0.15) is 5.69 Å². The van der Waals surface area contributed by atoms with Crippen LogP contribution >= 0.6 is 18.7 Å². The summed E-state index contributed by atoms with van der Waals surface area (Å²) < 4.78 is 25.0. The second-order valence-electron chi connectivity index (χ2n) is 3.21. The molecule has 13 heavy (non-hydrogen) atoms. The molecule has 0 aromatic carbocycles. The van der Waals surface area contributed by atoms with Crippen molar-refractivity contribution < 1.29 is 8.96 Å². The smallest absolute Gasteiger partial charge is 0.138 e. The van der Waals surface area contributed by atoms with E-state index in [2.05, 4.69) is 4.98 Å². The zero-order valence-corrected chi connectivity index (χ0v) is 9.29. The Kier molecular flexibility index (Phi) is 2.79. The SMILES string of the molecule is Cc1nc(Cl)cc(F)c1P(C)(C)=O. The summed E-state index contributed by atoms with van der Waals surface area (Å²) in [4.78, 5) is 3.85. The predicted octanol–water partition coefficient (Wildman–Crippen LogP) is 2.43. The van der Waals surface area contributed by atoms with E-state index in [1.165, 1.54) is 13.3 Å². The molecular weight excluding hydrogens is 212 g/mol. The Labute approximate surface area is 81.5 Å². The van der Waals surface area contributed by atoms with Gasteiger partial charge in [-0.1, -0.05) is 11.6 Å². The molecule has 0 atom stereocenters. The highest BCUT2D eigenvalue weighted by atomic mass is 35.5. The molecular formula is C8H10ClFNOP. The summed E-state index contributed by atoms with van der Waals surface area (Å²) >= 11 is 5.53. The first-order valence-electron chi connectivity index (χ1n) is 3.70. The average molecular weight is 222 g/mol. The zero-order chi connectivity index (χ0) is 10.2. The minimum atomic E-state index is -2.61. The maximum Gasteiger partial charge on any atom is 0.138 e. The van der Waals surface area contributed by atoms with Gasteiger partial charge in [0.05, 0.1) is 11.0 Å². The van der Waals surface area contributed by atoms with Gasteiger partial charge in [-0.15, -0.1) is 0 Å². The molecule has 0 radical (unpaired) electrons. The molecule has 5 heteroatoms. The zero-order valence-electron chi connectivity index (χ0n) is 7.64. The van der Waals surface area contributed by atoms with Crippen molar-refractivity contribution in [2.75, 3.05) is 13.3 Å². The largest absolute Gasteiger partial charge is 0.319 e. The summed E-state index contributed by atoms with van der Waals surface area (Å²) in [6.07, 6.45) is 0. The van der Waals surface area contributed by atoms with E-state index in [1.54, 1.807) is 6.92 Å². The van der Waals surface area contributed by atoms with Crippen LogP contribution in [0.2, 0.25) is 5.15 Å². The van der Waals surface area contributed by atoms with E-state index in [0.29, 0.717) is 5.69 Å². The van der Waals surface area contributed by atoms with E-state index in [0.717, 1.165) is 6.07 Å². The Morgan fingerprint density at radius 2 is 2.08 bits per heavy atom. The molecule has 1 aromatic rings. The summed E-state index contributed by atoms with van der Waals surface area (Å²) in [5.74, 6) is -0.536. The van der Waals surface area contributed by atoms with Gasteiger partial charge in [0.2, 0.25) is 0 Å². The summed E-state index contributed by atoms with van der Waals surface area (Å²) in [5.41, 5.74) is 0.401. The van der Waals surface area contributed by atoms with E-state index >= 15 is 0 Å². The Morgan fingerprint density at radius 3 is 2.46 bits per heavy atom. The molecule has 1 rings (SSSR count). The monoisotopic (exact) mass is 221 g/mol. The number of pyridine rings is 1.